The van der Waals surface area contributed by atoms with E-state index in [-0.39, 0.29) is 5.91 Å². The van der Waals surface area contributed by atoms with Crippen LogP contribution in [0.15, 0.2) is 34.7 Å². The highest BCUT2D eigenvalue weighted by atomic mass is 32.2. The number of hydrogen-bond donors (Lipinski definition) is 2. The van der Waals surface area contributed by atoms with Gasteiger partial charge in [-0.2, -0.15) is 0 Å². The van der Waals surface area contributed by atoms with Crippen molar-refractivity contribution in [2.24, 2.45) is 0 Å². The van der Waals surface area contributed by atoms with Crippen LogP contribution in [0.2, 0.25) is 0 Å². The molecule has 0 radical (unpaired) electrons. The summed E-state index contributed by atoms with van der Waals surface area (Å²) in [6.07, 6.45) is 0. The summed E-state index contributed by atoms with van der Waals surface area (Å²) in [7, 11) is 0. The van der Waals surface area contributed by atoms with Gasteiger partial charge in [0.1, 0.15) is 0 Å². The number of carbonyl (C=O) groups is 1. The van der Waals surface area contributed by atoms with Crippen molar-refractivity contribution in [3.63, 3.8) is 0 Å². The number of hydrogen-bond acceptors (Lipinski definition) is 6. The first-order chi connectivity index (χ1) is 10.7. The molecule has 2 rings (SSSR count). The second-order valence-corrected chi connectivity index (χ2v) is 7.01. The fourth-order valence-electron chi connectivity index (χ4n) is 1.84. The van der Waals surface area contributed by atoms with Gasteiger partial charge in [0.25, 0.3) is 0 Å². The van der Waals surface area contributed by atoms with E-state index in [1.165, 1.54) is 28.7 Å². The molecule has 0 saturated heterocycles. The Balaban J connectivity index is 1.71. The summed E-state index contributed by atoms with van der Waals surface area (Å²) in [6.45, 7) is 5.57. The summed E-state index contributed by atoms with van der Waals surface area (Å²) in [4.78, 5) is 11.9. The van der Waals surface area contributed by atoms with Crippen LogP contribution < -0.4 is 10.6 Å². The van der Waals surface area contributed by atoms with E-state index in [4.69, 9.17) is 0 Å². The molecule has 0 bridgehead atoms. The maximum absolute atomic E-state index is 11.9. The average molecular weight is 336 g/mol. The number of aromatic nitrogens is 2. The third kappa shape index (κ3) is 5.31. The second-order valence-electron chi connectivity index (χ2n) is 4.81. The molecule has 0 unspecified atom stereocenters. The Morgan fingerprint density at radius 3 is 2.82 bits per heavy atom. The smallest absolute Gasteiger partial charge is 0.230 e. The van der Waals surface area contributed by atoms with E-state index in [0.717, 1.165) is 16.0 Å². The van der Waals surface area contributed by atoms with Crippen LogP contribution in [0.5, 0.6) is 0 Å². The molecular weight excluding hydrogens is 316 g/mol. The first-order valence-corrected chi connectivity index (χ1v) is 9.01. The number of anilines is 1. The summed E-state index contributed by atoms with van der Waals surface area (Å²) in [5.41, 5.74) is 1.23. The molecule has 0 fully saturated rings. The normalized spacial score (nSPS) is 11.9. The van der Waals surface area contributed by atoms with E-state index in [1.807, 2.05) is 25.1 Å². The molecule has 5 nitrogen and oxygen atoms in total. The zero-order valence-corrected chi connectivity index (χ0v) is 14.3. The van der Waals surface area contributed by atoms with Crippen LogP contribution in [0.1, 0.15) is 25.3 Å². The minimum absolute atomic E-state index is 0.0213. The largest absolute Gasteiger partial charge is 0.360 e. The molecule has 1 amide bonds. The van der Waals surface area contributed by atoms with E-state index in [2.05, 4.69) is 39.9 Å². The Hall–Kier alpha value is -1.60. The predicted molar refractivity (Wildman–Crippen MR) is 92.7 cm³/mol. The minimum atomic E-state index is 0.0213. The number of nitrogens with zero attached hydrogens (tertiary/aromatic N) is 2. The molecule has 118 valence electrons. The van der Waals surface area contributed by atoms with Crippen molar-refractivity contribution in [1.82, 2.24) is 15.5 Å². The van der Waals surface area contributed by atoms with Crippen LogP contribution >= 0.6 is 23.1 Å². The number of thioether (sulfide) groups is 1. The molecule has 0 aliphatic heterocycles. The van der Waals surface area contributed by atoms with Crippen molar-refractivity contribution >= 4 is 34.1 Å². The average Bonchev–Trinajstić information content (AvgIpc) is 2.99. The maximum Gasteiger partial charge on any atom is 0.230 e. The van der Waals surface area contributed by atoms with Gasteiger partial charge >= 0.3 is 0 Å². The maximum atomic E-state index is 11.9. The van der Waals surface area contributed by atoms with Gasteiger partial charge in [0, 0.05) is 13.1 Å². The minimum Gasteiger partial charge on any atom is -0.360 e. The van der Waals surface area contributed by atoms with Crippen molar-refractivity contribution in [3.8, 4) is 0 Å². The van der Waals surface area contributed by atoms with Crippen LogP contribution in [0.4, 0.5) is 5.13 Å². The van der Waals surface area contributed by atoms with E-state index in [1.54, 1.807) is 0 Å². The molecule has 0 aliphatic carbocycles. The number of carbonyl (C=O) groups excluding carboxylic acids is 1. The van der Waals surface area contributed by atoms with Gasteiger partial charge in [-0.15, -0.1) is 10.2 Å². The molecule has 0 spiro atoms. The fourth-order valence-corrected chi connectivity index (χ4v) is 3.49. The van der Waals surface area contributed by atoms with Crippen molar-refractivity contribution in [2.45, 2.75) is 24.1 Å². The van der Waals surface area contributed by atoms with Crippen LogP contribution in [0.25, 0.3) is 0 Å². The van der Waals surface area contributed by atoms with Gasteiger partial charge in [-0.25, -0.2) is 0 Å². The van der Waals surface area contributed by atoms with Gasteiger partial charge in [0.05, 0.1) is 5.75 Å². The van der Waals surface area contributed by atoms with Gasteiger partial charge in [-0.05, 0) is 18.4 Å². The number of rotatable bonds is 8. The van der Waals surface area contributed by atoms with E-state index in [9.17, 15) is 4.79 Å². The lowest BCUT2D eigenvalue weighted by atomic mass is 10.0. The zero-order chi connectivity index (χ0) is 15.8. The quantitative estimate of drug-likeness (QED) is 0.726. The lowest BCUT2D eigenvalue weighted by Gasteiger charge is -2.12. The summed E-state index contributed by atoms with van der Waals surface area (Å²) in [6, 6.07) is 10.2. The number of nitrogens with one attached hydrogen (secondary N) is 2. The Kier molecular flexibility index (Phi) is 6.67. The van der Waals surface area contributed by atoms with Crippen molar-refractivity contribution in [3.05, 3.63) is 35.9 Å². The van der Waals surface area contributed by atoms with Crippen LogP contribution in [0, 0.1) is 0 Å². The Morgan fingerprint density at radius 1 is 1.32 bits per heavy atom. The highest BCUT2D eigenvalue weighted by molar-refractivity contribution is 8.01. The Morgan fingerprint density at radius 2 is 2.09 bits per heavy atom. The SMILES string of the molecule is CCNc1nnc(SCC(=O)NC[C@@H](C)c2ccccc2)s1. The van der Waals surface area contributed by atoms with Crippen LogP contribution in [-0.4, -0.2) is 34.9 Å². The molecule has 2 N–H and O–H groups in total. The highest BCUT2D eigenvalue weighted by Crippen LogP contribution is 2.25. The van der Waals surface area contributed by atoms with E-state index >= 15 is 0 Å². The van der Waals surface area contributed by atoms with Crippen molar-refractivity contribution < 1.29 is 4.79 Å². The fraction of sp³-hybridized carbons (Fsp3) is 0.400. The number of benzene rings is 1. The second kappa shape index (κ2) is 8.75. The highest BCUT2D eigenvalue weighted by Gasteiger charge is 2.10. The standard InChI is InChI=1S/C15H20N4OS2/c1-3-16-14-18-19-15(22-14)21-10-13(20)17-9-11(2)12-7-5-4-6-8-12/h4-8,11H,3,9-10H2,1-2H3,(H,16,18)(H,17,20)/t11-/m1/s1. The lowest BCUT2D eigenvalue weighted by molar-refractivity contribution is -0.118. The van der Waals surface area contributed by atoms with E-state index < -0.39 is 0 Å². The molecule has 2 aromatic rings. The summed E-state index contributed by atoms with van der Waals surface area (Å²) < 4.78 is 0.808. The monoisotopic (exact) mass is 336 g/mol. The molecule has 22 heavy (non-hydrogen) atoms. The zero-order valence-electron chi connectivity index (χ0n) is 12.7. The number of amides is 1. The first-order valence-electron chi connectivity index (χ1n) is 7.21. The molecule has 1 atom stereocenters. The molecule has 1 aromatic carbocycles. The Labute approximate surface area is 138 Å². The van der Waals surface area contributed by atoms with Crippen molar-refractivity contribution in [2.75, 3.05) is 24.2 Å². The topological polar surface area (TPSA) is 66.9 Å². The molecule has 1 heterocycles. The van der Waals surface area contributed by atoms with Gasteiger partial charge in [0.15, 0.2) is 4.34 Å². The molecule has 0 aliphatic rings. The van der Waals surface area contributed by atoms with Crippen molar-refractivity contribution in [1.29, 1.82) is 0 Å². The van der Waals surface area contributed by atoms with Gasteiger partial charge in [-0.3, -0.25) is 4.79 Å². The predicted octanol–water partition coefficient (Wildman–Crippen LogP) is 2.98. The third-order valence-electron chi connectivity index (χ3n) is 3.04. The Bertz CT molecular complexity index is 588. The van der Waals surface area contributed by atoms with E-state index in [0.29, 0.717) is 18.2 Å². The van der Waals surface area contributed by atoms with Gasteiger partial charge in [-0.1, -0.05) is 60.4 Å². The molecular formula is C15H20N4OS2. The molecule has 1 aromatic heterocycles. The molecule has 0 saturated carbocycles. The molecule has 7 heteroatoms. The first kappa shape index (κ1) is 16.8. The third-order valence-corrected chi connectivity index (χ3v) is 5.05. The van der Waals surface area contributed by atoms with Gasteiger partial charge in [0.2, 0.25) is 11.0 Å². The van der Waals surface area contributed by atoms with Crippen LogP contribution in [-0.2, 0) is 4.79 Å². The summed E-state index contributed by atoms with van der Waals surface area (Å²) >= 11 is 2.89. The summed E-state index contributed by atoms with van der Waals surface area (Å²) in [5, 5.41) is 14.9. The van der Waals surface area contributed by atoms with Crippen LogP contribution in [0.3, 0.4) is 0 Å². The van der Waals surface area contributed by atoms with Gasteiger partial charge < -0.3 is 10.6 Å². The summed E-state index contributed by atoms with van der Waals surface area (Å²) in [5.74, 6) is 0.687. The lowest BCUT2D eigenvalue weighted by Crippen LogP contribution is -2.28.